The maximum atomic E-state index is 10.9. The fourth-order valence-electron chi connectivity index (χ4n) is 11.6. The van der Waals surface area contributed by atoms with Gasteiger partial charge in [0.1, 0.15) is 23.3 Å². The van der Waals surface area contributed by atoms with Crippen molar-refractivity contribution in [2.24, 2.45) is 0 Å². The van der Waals surface area contributed by atoms with Crippen molar-refractivity contribution >= 4 is 43.6 Å². The largest absolute Gasteiger partial charge is 0.308 e. The van der Waals surface area contributed by atoms with Crippen molar-refractivity contribution in [2.45, 2.75) is 41.0 Å². The highest BCUT2D eigenvalue weighted by molar-refractivity contribution is 6.12. The highest BCUT2D eigenvalue weighted by atomic mass is 15.1. The van der Waals surface area contributed by atoms with E-state index in [9.17, 15) is 10.5 Å². The molecule has 6 aromatic heterocycles. The van der Waals surface area contributed by atoms with Crippen LogP contribution in [0.5, 0.6) is 0 Å². The molecule has 14 rings (SSSR count). The molecule has 14 heteroatoms. The first kappa shape index (κ1) is 50.7. The van der Waals surface area contributed by atoms with Crippen molar-refractivity contribution in [3.8, 4) is 91.6 Å². The second kappa shape index (κ2) is 20.6. The second-order valence-electron chi connectivity index (χ2n) is 20.9. The Bertz CT molecular complexity index is 4990. The molecule has 0 aliphatic heterocycles. The van der Waals surface area contributed by atoms with Gasteiger partial charge in [0.25, 0.3) is 0 Å². The van der Waals surface area contributed by atoms with E-state index in [0.29, 0.717) is 57.7 Å². The highest BCUT2D eigenvalue weighted by Gasteiger charge is 2.25. The first-order valence-corrected chi connectivity index (χ1v) is 27.5. The number of hydrogen-bond acceptors (Lipinski definition) is 12. The van der Waals surface area contributed by atoms with E-state index in [-0.39, 0.29) is 6.42 Å². The van der Waals surface area contributed by atoms with Gasteiger partial charge in [0.05, 0.1) is 68.1 Å². The number of aryl methyl sites for hydroxylation is 5. The molecule has 0 bridgehead atoms. The van der Waals surface area contributed by atoms with Gasteiger partial charge in [-0.05, 0) is 119 Å². The molecule has 8 aromatic carbocycles. The lowest BCUT2D eigenvalue weighted by molar-refractivity contribution is 0.885. The summed E-state index contributed by atoms with van der Waals surface area (Å²) >= 11 is 0. The van der Waals surface area contributed by atoms with Crippen LogP contribution in [0.1, 0.15) is 51.4 Å². The average Bonchev–Trinajstić information content (AvgIpc) is 2.90. The quantitative estimate of drug-likeness (QED) is 0.126. The van der Waals surface area contributed by atoms with E-state index < -0.39 is 0 Å². The predicted molar refractivity (Wildman–Crippen MR) is 328 cm³/mol. The lowest BCUT2D eigenvalue weighted by atomic mass is 9.97. The third-order valence-electron chi connectivity index (χ3n) is 15.1. The van der Waals surface area contributed by atoms with E-state index in [2.05, 4.69) is 74.8 Å². The number of rotatable bonds is 10. The number of nitrogens with zero attached hydrogens (tertiary/aromatic N) is 14. The van der Waals surface area contributed by atoms with Gasteiger partial charge in [-0.25, -0.2) is 49.8 Å². The monoisotopic (exact) mass is 1080 g/mol. The van der Waals surface area contributed by atoms with Crippen molar-refractivity contribution in [1.29, 1.82) is 10.5 Å². The van der Waals surface area contributed by atoms with Crippen molar-refractivity contribution in [1.82, 2.24) is 59.0 Å². The smallest absolute Gasteiger partial charge is 0.163 e. The van der Waals surface area contributed by atoms with E-state index in [4.69, 9.17) is 44.9 Å². The first-order valence-electron chi connectivity index (χ1n) is 27.5. The third-order valence-corrected chi connectivity index (χ3v) is 15.1. The van der Waals surface area contributed by atoms with Gasteiger partial charge >= 0.3 is 0 Å². The molecule has 398 valence electrons. The molecule has 0 saturated heterocycles. The third kappa shape index (κ3) is 9.10. The Morgan fingerprint density at radius 3 is 1.55 bits per heavy atom. The summed E-state index contributed by atoms with van der Waals surface area (Å²) < 4.78 is 4.39. The fraction of sp³-hybridized carbons (Fsp3) is 0.0857. The zero-order valence-corrected chi connectivity index (χ0v) is 46.4. The number of nitriles is 2. The van der Waals surface area contributed by atoms with Crippen LogP contribution in [0.25, 0.3) is 123 Å². The summed E-state index contributed by atoms with van der Waals surface area (Å²) in [5, 5.41) is 25.3. The molecular weight excluding hydrogens is 1040 g/mol. The highest BCUT2D eigenvalue weighted by Crippen LogP contribution is 2.42. The summed E-state index contributed by atoms with van der Waals surface area (Å²) in [5.41, 5.74) is 15.0. The normalized spacial score (nSPS) is 11.4. The lowest BCUT2D eigenvalue weighted by Crippen LogP contribution is -2.09. The van der Waals surface area contributed by atoms with Crippen molar-refractivity contribution in [3.63, 3.8) is 0 Å². The average molecular weight is 1090 g/mol. The van der Waals surface area contributed by atoms with Gasteiger partial charge in [0.15, 0.2) is 23.3 Å². The number of benzene rings is 8. The maximum absolute atomic E-state index is 10.9. The summed E-state index contributed by atoms with van der Waals surface area (Å²) in [6.45, 7) is 9.54. The van der Waals surface area contributed by atoms with E-state index in [0.717, 1.165) is 117 Å². The molecule has 14 nitrogen and oxygen atoms in total. The molecule has 0 atom stereocenters. The SMILES string of the molecule is Cc1cc(C)nc(-c2c(Cc3nc(C)nc(-c4ccc5c(c4)c4ccccc4n5-c4cc(C#N)ccc4-c4nc(-c5ccccc5)cc(-c5ccccc5)n4)n3)cc(C#N)cc2-n2c3ccccc3c3ccc(-c4nc(C)nc(C)n4)cc32)n1. The molecule has 0 fully saturated rings. The molecule has 0 N–H and O–H groups in total. The van der Waals surface area contributed by atoms with Crippen LogP contribution < -0.4 is 0 Å². The molecule has 0 aliphatic rings. The van der Waals surface area contributed by atoms with Crippen molar-refractivity contribution in [2.75, 3.05) is 0 Å². The second-order valence-corrected chi connectivity index (χ2v) is 20.9. The van der Waals surface area contributed by atoms with Crippen LogP contribution in [0.15, 0.2) is 188 Å². The van der Waals surface area contributed by atoms with Crippen molar-refractivity contribution in [3.05, 3.63) is 239 Å². The lowest BCUT2D eigenvalue weighted by Gasteiger charge is -2.18. The Morgan fingerprint density at radius 1 is 0.357 bits per heavy atom. The van der Waals surface area contributed by atoms with Gasteiger partial charge in [0.2, 0.25) is 0 Å². The summed E-state index contributed by atoms with van der Waals surface area (Å²) in [6.07, 6.45) is 0.218. The Kier molecular flexibility index (Phi) is 12.4. The molecule has 0 amide bonds. The van der Waals surface area contributed by atoms with Gasteiger partial charge in [-0.15, -0.1) is 0 Å². The van der Waals surface area contributed by atoms with Crippen LogP contribution in [-0.4, -0.2) is 59.0 Å². The number of fused-ring (bicyclic) bond motifs is 6. The van der Waals surface area contributed by atoms with Crippen LogP contribution in [0, 0.1) is 57.3 Å². The van der Waals surface area contributed by atoms with Crippen LogP contribution >= 0.6 is 0 Å². The molecule has 0 unspecified atom stereocenters. The van der Waals surface area contributed by atoms with Crippen LogP contribution in [-0.2, 0) is 6.42 Å². The van der Waals surface area contributed by atoms with Gasteiger partial charge in [-0.2, -0.15) is 10.5 Å². The Labute approximate surface area is 482 Å². The van der Waals surface area contributed by atoms with Crippen molar-refractivity contribution < 1.29 is 0 Å². The number of para-hydroxylation sites is 2. The fourth-order valence-corrected chi connectivity index (χ4v) is 11.6. The molecule has 0 aliphatic carbocycles. The first-order chi connectivity index (χ1) is 41.0. The molecule has 0 radical (unpaired) electrons. The molecule has 84 heavy (non-hydrogen) atoms. The van der Waals surface area contributed by atoms with Gasteiger partial charge in [0, 0.05) is 72.7 Å². The zero-order valence-electron chi connectivity index (χ0n) is 46.4. The molecule has 0 spiro atoms. The molecule has 0 saturated carbocycles. The zero-order chi connectivity index (χ0) is 57.2. The van der Waals surface area contributed by atoms with Gasteiger partial charge in [-0.3, -0.25) is 0 Å². The maximum Gasteiger partial charge on any atom is 0.163 e. The molecular formula is C70H48N14. The number of hydrogen-bond donors (Lipinski definition) is 0. The Morgan fingerprint density at radius 2 is 0.893 bits per heavy atom. The van der Waals surface area contributed by atoms with Gasteiger partial charge in [-0.1, -0.05) is 109 Å². The predicted octanol–water partition coefficient (Wildman–Crippen LogP) is 14.7. The van der Waals surface area contributed by atoms with Gasteiger partial charge < -0.3 is 9.13 Å². The minimum absolute atomic E-state index is 0.218. The van der Waals surface area contributed by atoms with E-state index in [1.807, 2.05) is 174 Å². The minimum atomic E-state index is 0.218. The minimum Gasteiger partial charge on any atom is -0.308 e. The van der Waals surface area contributed by atoms with Crippen LogP contribution in [0.2, 0.25) is 0 Å². The summed E-state index contributed by atoms with van der Waals surface area (Å²) in [4.78, 5) is 49.7. The Hall–Kier alpha value is -11.5. The molecule has 14 aromatic rings. The standard InChI is InChI=1S/C70H48N14/c1-40-30-41(2)74-70(73-40)66-51(31-46(39-72)33-64(66)84-59-22-14-12-20-52(59)54-28-25-50(35-63(54)84)67-77-42(3)75-43(4)78-67)36-65-76-44(5)79-68(82-65)49-26-29-61-56(34-49)53-21-13-15-23-60(53)83(61)62-32-45(38-71)24-27-55(62)69-80-57(47-16-8-6-9-17-47)37-58(81-69)48-18-10-7-11-19-48/h6-35,37H,36H2,1-5H3. The number of aromatic nitrogens is 12. The summed E-state index contributed by atoms with van der Waals surface area (Å²) in [7, 11) is 0. The van der Waals surface area contributed by atoms with Crippen LogP contribution in [0.4, 0.5) is 0 Å². The topological polar surface area (TPSA) is 186 Å². The van der Waals surface area contributed by atoms with E-state index in [1.54, 1.807) is 0 Å². The summed E-state index contributed by atoms with van der Waals surface area (Å²) in [6, 6.07) is 67.6. The Balaban J connectivity index is 0.921. The molecule has 6 heterocycles. The summed E-state index contributed by atoms with van der Waals surface area (Å²) in [5.74, 6) is 4.39. The van der Waals surface area contributed by atoms with E-state index >= 15 is 0 Å². The van der Waals surface area contributed by atoms with E-state index in [1.165, 1.54) is 0 Å². The van der Waals surface area contributed by atoms with Crippen LogP contribution in [0.3, 0.4) is 0 Å².